The molecular formula is C46H50BI2N4S3. The number of thiazole rings is 2. The average Bonchev–Trinajstić information content (AvgIpc) is 3.85. The lowest BCUT2D eigenvalue weighted by Crippen LogP contribution is -3.00. The van der Waals surface area contributed by atoms with Gasteiger partial charge in [0, 0.05) is 57.6 Å². The number of thioether (sulfide) groups is 1. The number of halogens is 2. The van der Waals surface area contributed by atoms with Crippen LogP contribution in [-0.2, 0) is 19.5 Å². The molecule has 56 heavy (non-hydrogen) atoms. The summed E-state index contributed by atoms with van der Waals surface area (Å²) in [4.78, 5) is 8.10. The topological polar surface area (TPSA) is 23.4 Å². The minimum atomic E-state index is 0. The molecule has 0 saturated carbocycles. The van der Waals surface area contributed by atoms with Crippen LogP contribution in [0.4, 0.5) is 11.4 Å². The number of allylic oxidation sites excluding steroid dienone is 2. The fourth-order valence-electron chi connectivity index (χ4n) is 6.15. The van der Waals surface area contributed by atoms with Crippen LogP contribution >= 0.6 is 34.4 Å². The van der Waals surface area contributed by atoms with Gasteiger partial charge in [0.25, 0.3) is 5.01 Å². The Morgan fingerprint density at radius 3 is 1.86 bits per heavy atom. The van der Waals surface area contributed by atoms with Gasteiger partial charge in [-0.05, 0) is 68.8 Å². The Balaban J connectivity index is 0.000000302. The zero-order valence-corrected chi connectivity index (χ0v) is 38.5. The highest BCUT2D eigenvalue weighted by Crippen LogP contribution is 2.45. The molecule has 5 aromatic carbocycles. The largest absolute Gasteiger partial charge is 1.00 e. The van der Waals surface area contributed by atoms with Gasteiger partial charge in [-0.1, -0.05) is 133 Å². The van der Waals surface area contributed by atoms with Gasteiger partial charge in [-0.15, -0.1) is 0 Å². The predicted molar refractivity (Wildman–Crippen MR) is 240 cm³/mol. The van der Waals surface area contributed by atoms with Crippen molar-refractivity contribution in [1.82, 2.24) is 0 Å². The molecule has 4 nitrogen and oxygen atoms in total. The van der Waals surface area contributed by atoms with E-state index in [-0.39, 0.29) is 63.8 Å². The number of hydrogen-bond acceptors (Lipinski definition) is 5. The van der Waals surface area contributed by atoms with Gasteiger partial charge in [0.15, 0.2) is 0 Å². The smallest absolute Gasteiger partial charge is 0.262 e. The number of hydrogen-bond donors (Lipinski definition) is 0. The molecule has 0 spiro atoms. The Bertz CT molecular complexity index is 2300. The molecule has 0 atom stereocenters. The summed E-state index contributed by atoms with van der Waals surface area (Å²) >= 11 is 5.57. The van der Waals surface area contributed by atoms with E-state index in [1.165, 1.54) is 51.6 Å². The lowest BCUT2D eigenvalue weighted by molar-refractivity contribution is -0.669. The van der Waals surface area contributed by atoms with Gasteiger partial charge in [0.1, 0.15) is 22.5 Å². The van der Waals surface area contributed by atoms with E-state index in [2.05, 4.69) is 150 Å². The van der Waals surface area contributed by atoms with E-state index in [9.17, 15) is 0 Å². The van der Waals surface area contributed by atoms with Gasteiger partial charge in [0.2, 0.25) is 16.0 Å². The van der Waals surface area contributed by atoms with E-state index < -0.39 is 0 Å². The first-order chi connectivity index (χ1) is 25.6. The second-order valence-corrected chi connectivity index (χ2v) is 15.4. The van der Waals surface area contributed by atoms with Crippen molar-refractivity contribution in [1.29, 1.82) is 0 Å². The second kappa shape index (κ2) is 25.1. The van der Waals surface area contributed by atoms with Crippen LogP contribution in [0.5, 0.6) is 0 Å². The van der Waals surface area contributed by atoms with Crippen molar-refractivity contribution in [2.24, 2.45) is 4.99 Å². The Kier molecular flexibility index (Phi) is 21.9. The maximum absolute atomic E-state index is 4.38. The van der Waals surface area contributed by atoms with Gasteiger partial charge in [-0.2, -0.15) is 9.13 Å². The van der Waals surface area contributed by atoms with Gasteiger partial charge in [-0.3, -0.25) is 4.99 Å². The zero-order valence-electron chi connectivity index (χ0n) is 31.7. The van der Waals surface area contributed by atoms with E-state index in [0.29, 0.717) is 0 Å². The van der Waals surface area contributed by atoms with Gasteiger partial charge < -0.3 is 52.9 Å². The van der Waals surface area contributed by atoms with Gasteiger partial charge in [0.05, 0.1) is 16.4 Å². The third-order valence-electron chi connectivity index (χ3n) is 8.66. The summed E-state index contributed by atoms with van der Waals surface area (Å²) in [5.41, 5.74) is 6.30. The van der Waals surface area contributed by atoms with Crippen LogP contribution in [0.3, 0.4) is 0 Å². The number of aliphatic imine (C=N–C) groups is 1. The van der Waals surface area contributed by atoms with Crippen LogP contribution in [0.15, 0.2) is 161 Å². The summed E-state index contributed by atoms with van der Waals surface area (Å²) in [5.74, 6) is 0. The van der Waals surface area contributed by atoms with E-state index in [1.807, 2.05) is 89.2 Å². The molecule has 0 aliphatic carbocycles. The van der Waals surface area contributed by atoms with Crippen LogP contribution in [0.25, 0.3) is 26.5 Å². The summed E-state index contributed by atoms with van der Waals surface area (Å²) in [7, 11) is 0. The predicted octanol–water partition coefficient (Wildman–Crippen LogP) is 6.11. The summed E-state index contributed by atoms with van der Waals surface area (Å²) in [6.45, 7) is 11.8. The number of anilines is 1. The standard InChI is InChI=1S/C21H21N2S2.C14H13N.C10H12NS.CH4.B.2HI/c1-3-22-16-10-5-7-12-18(16)24-20(22)14-9-15-21-23(4-2)17-11-6-8-13-19(17)25-21;1-3-7-13(8-4-1)11-12-15-14-9-5-2-6-10-14;1-3-11-8(2)12-10-7-5-4-6-9(10)11;;;;/h5-15H,3-4H2,1-2H3;1-10,12H,11H2;4-7H,3H2,1-2H3;1H4;;2*1H/q+1;;+1;;;;/p-2. The highest BCUT2D eigenvalue weighted by Gasteiger charge is 2.23. The number of nitrogens with zero attached hydrogens (tertiary/aromatic N) is 4. The minimum absolute atomic E-state index is 0. The molecule has 0 unspecified atom stereocenters. The number of fused-ring (bicyclic) bond motifs is 3. The number of benzene rings is 5. The summed E-state index contributed by atoms with van der Waals surface area (Å²) in [6, 6.07) is 46.1. The minimum Gasteiger partial charge on any atom is -1.00 e. The zero-order chi connectivity index (χ0) is 36.1. The molecule has 3 heterocycles. The van der Waals surface area contributed by atoms with Crippen LogP contribution in [0.2, 0.25) is 0 Å². The van der Waals surface area contributed by atoms with E-state index in [4.69, 9.17) is 0 Å². The molecule has 10 heteroatoms. The van der Waals surface area contributed by atoms with Gasteiger partial charge in [-0.25, -0.2) is 0 Å². The molecular weight excluding hydrogens is 969 g/mol. The quantitative estimate of drug-likeness (QED) is 0.0796. The van der Waals surface area contributed by atoms with Crippen molar-refractivity contribution in [2.75, 3.05) is 11.4 Å². The fraction of sp³-hybridized carbons (Fsp3) is 0.196. The van der Waals surface area contributed by atoms with Crippen LogP contribution in [0, 0.1) is 6.92 Å². The molecule has 0 fully saturated rings. The normalized spacial score (nSPS) is 12.1. The first-order valence-electron chi connectivity index (χ1n) is 17.9. The Morgan fingerprint density at radius 1 is 0.661 bits per heavy atom. The third kappa shape index (κ3) is 12.6. The lowest BCUT2D eigenvalue weighted by Gasteiger charge is -2.17. The summed E-state index contributed by atoms with van der Waals surface area (Å²) < 4.78 is 7.45. The van der Waals surface area contributed by atoms with Crippen molar-refractivity contribution in [3.63, 3.8) is 0 Å². The Morgan fingerprint density at radius 2 is 1.21 bits per heavy atom. The number of rotatable bonds is 8. The molecule has 3 radical (unpaired) electrons. The van der Waals surface area contributed by atoms with Crippen LogP contribution in [-0.4, -0.2) is 21.2 Å². The van der Waals surface area contributed by atoms with E-state index in [0.717, 1.165) is 31.7 Å². The Labute approximate surface area is 382 Å². The molecule has 1 aliphatic rings. The molecule has 1 aliphatic heterocycles. The molecule has 0 bridgehead atoms. The molecule has 289 valence electrons. The summed E-state index contributed by atoms with van der Waals surface area (Å²) in [6.07, 6.45) is 9.49. The van der Waals surface area contributed by atoms with E-state index in [1.54, 1.807) is 0 Å². The third-order valence-corrected chi connectivity index (χ3v) is 12.0. The van der Waals surface area contributed by atoms with Crippen molar-refractivity contribution in [3.05, 3.63) is 166 Å². The molecule has 0 N–H and O–H groups in total. The highest BCUT2D eigenvalue weighted by molar-refractivity contribution is 8.03. The number of aromatic nitrogens is 2. The fourth-order valence-corrected chi connectivity index (χ4v) is 9.51. The molecule has 0 amide bonds. The maximum Gasteiger partial charge on any atom is 0.262 e. The molecule has 7 aromatic rings. The Hall–Kier alpha value is -3.30. The second-order valence-electron chi connectivity index (χ2n) is 12.0. The molecule has 2 aromatic heterocycles. The van der Waals surface area contributed by atoms with Crippen molar-refractivity contribution in [3.8, 4) is 0 Å². The van der Waals surface area contributed by atoms with Gasteiger partial charge >= 0.3 is 0 Å². The van der Waals surface area contributed by atoms with Crippen molar-refractivity contribution < 1.29 is 57.1 Å². The van der Waals surface area contributed by atoms with Crippen LogP contribution in [0.1, 0.15) is 43.8 Å². The highest BCUT2D eigenvalue weighted by atomic mass is 127. The average molecular weight is 1020 g/mol. The number of aryl methyl sites for hydroxylation is 3. The summed E-state index contributed by atoms with van der Waals surface area (Å²) in [5, 5.41) is 3.98. The van der Waals surface area contributed by atoms with Crippen molar-refractivity contribution in [2.45, 2.75) is 59.5 Å². The van der Waals surface area contributed by atoms with E-state index >= 15 is 0 Å². The first kappa shape index (κ1) is 48.9. The lowest BCUT2D eigenvalue weighted by atomic mass is 10.2. The molecule has 0 saturated heterocycles. The van der Waals surface area contributed by atoms with Crippen LogP contribution < -0.4 is 62.0 Å². The van der Waals surface area contributed by atoms with Crippen molar-refractivity contribution >= 4 is 86.9 Å². The SMILES string of the molecule is C.C(Cc1ccccc1)=Nc1ccccc1.CCN1/C(=C\C=C\c2sc3ccccc3[n+]2CC)Sc2ccccc21.CC[n+]1c(C)sc2ccccc21.[B].[I-].[I-]. The number of para-hydroxylation sites is 4. The maximum atomic E-state index is 4.38. The molecule has 8 rings (SSSR count). The monoisotopic (exact) mass is 1020 g/mol. The first-order valence-corrected chi connectivity index (χ1v) is 20.4.